The Morgan fingerprint density at radius 1 is 1.13 bits per heavy atom. The van der Waals surface area contributed by atoms with Gasteiger partial charge in [0.05, 0.1) is 34.0 Å². The first-order chi connectivity index (χ1) is 22.3. The second-order valence-electron chi connectivity index (χ2n) is 11.0. The van der Waals surface area contributed by atoms with Crippen molar-refractivity contribution in [1.82, 2.24) is 19.8 Å². The van der Waals surface area contributed by atoms with E-state index in [1.165, 1.54) is 11.8 Å². The van der Waals surface area contributed by atoms with Crippen LogP contribution in [0.25, 0.3) is 16.7 Å². The fourth-order valence-electron chi connectivity index (χ4n) is 5.81. The molecular weight excluding hydrogens is 651 g/mol. The molecule has 2 amide bonds. The molecule has 5 heterocycles. The Labute approximate surface area is 266 Å². The molecule has 0 spiro atoms. The van der Waals surface area contributed by atoms with Gasteiger partial charge in [-0.2, -0.15) is 0 Å². The van der Waals surface area contributed by atoms with Gasteiger partial charge in [-0.1, -0.05) is 11.8 Å². The van der Waals surface area contributed by atoms with Gasteiger partial charge < -0.3 is 30.3 Å². The average molecular weight is 676 g/mol. The SMILES string of the molecule is CC(O)[C@H]1C(=O)N2C(C(=O)O)=C(COC(=O)NC3CCN(c4nc5c(cc4F)c(=O)c(C(=O)O)cn5-c4ccc(F)cc4F)C3)SC12. The van der Waals surface area contributed by atoms with Crippen LogP contribution in [0.3, 0.4) is 0 Å². The Kier molecular flexibility index (Phi) is 8.08. The number of hydrogen-bond donors (Lipinski definition) is 4. The number of aliphatic carboxylic acids is 1. The Balaban J connectivity index is 1.19. The van der Waals surface area contributed by atoms with Crippen LogP contribution in [-0.2, 0) is 14.3 Å². The zero-order valence-corrected chi connectivity index (χ0v) is 25.0. The van der Waals surface area contributed by atoms with E-state index in [-0.39, 0.29) is 47.3 Å². The van der Waals surface area contributed by atoms with Gasteiger partial charge in [0.1, 0.15) is 34.9 Å². The minimum atomic E-state index is -1.65. The lowest BCUT2D eigenvalue weighted by Crippen LogP contribution is -2.60. The molecule has 2 fully saturated rings. The number of pyridine rings is 2. The molecule has 6 rings (SSSR count). The number of aliphatic hydroxyl groups is 1. The summed E-state index contributed by atoms with van der Waals surface area (Å²) in [5.41, 5.74) is -2.82. The van der Waals surface area contributed by atoms with E-state index in [2.05, 4.69) is 10.3 Å². The van der Waals surface area contributed by atoms with E-state index >= 15 is 4.39 Å². The molecule has 2 saturated heterocycles. The number of anilines is 1. The zero-order chi connectivity index (χ0) is 33.9. The van der Waals surface area contributed by atoms with Crippen molar-refractivity contribution in [3.05, 3.63) is 74.3 Å². The Bertz CT molecular complexity index is 1970. The number of hydrogen-bond acceptors (Lipinski definition) is 10. The molecule has 0 saturated carbocycles. The predicted octanol–water partition coefficient (Wildman–Crippen LogP) is 2.01. The monoisotopic (exact) mass is 675 g/mol. The highest BCUT2D eigenvalue weighted by Gasteiger charge is 2.57. The number of halogens is 3. The normalized spacial score (nSPS) is 21.1. The number of aromatic nitrogens is 2. The number of nitrogens with one attached hydrogen (secondary N) is 1. The number of ether oxygens (including phenoxy) is 1. The number of amides is 2. The van der Waals surface area contributed by atoms with E-state index in [4.69, 9.17) is 4.74 Å². The Morgan fingerprint density at radius 2 is 1.87 bits per heavy atom. The summed E-state index contributed by atoms with van der Waals surface area (Å²) in [6.07, 6.45) is -0.819. The number of carboxylic acid groups (broad SMARTS) is 2. The van der Waals surface area contributed by atoms with Crippen molar-refractivity contribution >= 4 is 52.6 Å². The summed E-state index contributed by atoms with van der Waals surface area (Å²) in [6.45, 7) is 1.13. The highest BCUT2D eigenvalue weighted by Crippen LogP contribution is 2.50. The zero-order valence-electron chi connectivity index (χ0n) is 24.1. The van der Waals surface area contributed by atoms with Crippen molar-refractivity contribution in [2.45, 2.75) is 30.9 Å². The van der Waals surface area contributed by atoms with Crippen molar-refractivity contribution in [3.8, 4) is 5.69 Å². The van der Waals surface area contributed by atoms with Crippen LogP contribution >= 0.6 is 11.8 Å². The third-order valence-electron chi connectivity index (χ3n) is 8.03. The number of benzene rings is 1. The fraction of sp³-hybridized carbons (Fsp3) is 0.310. The van der Waals surface area contributed by atoms with E-state index in [0.717, 1.165) is 45.6 Å². The second kappa shape index (κ2) is 11.9. The maximum atomic E-state index is 15.4. The summed E-state index contributed by atoms with van der Waals surface area (Å²) in [5, 5.41) is 30.5. The minimum Gasteiger partial charge on any atom is -0.477 e. The highest BCUT2D eigenvalue weighted by molar-refractivity contribution is 8.04. The lowest BCUT2D eigenvalue weighted by molar-refractivity contribution is -0.156. The van der Waals surface area contributed by atoms with Crippen molar-refractivity contribution in [2.24, 2.45) is 5.92 Å². The lowest BCUT2D eigenvalue weighted by atomic mass is 9.92. The fourth-order valence-corrected chi connectivity index (χ4v) is 7.33. The van der Waals surface area contributed by atoms with E-state index in [0.29, 0.717) is 6.07 Å². The third-order valence-corrected chi connectivity index (χ3v) is 9.37. The van der Waals surface area contributed by atoms with Crippen molar-refractivity contribution in [3.63, 3.8) is 0 Å². The summed E-state index contributed by atoms with van der Waals surface area (Å²) >= 11 is 1.01. The molecule has 0 bridgehead atoms. The summed E-state index contributed by atoms with van der Waals surface area (Å²) in [4.78, 5) is 68.3. The van der Waals surface area contributed by atoms with Gasteiger partial charge in [0, 0.05) is 25.4 Å². The summed E-state index contributed by atoms with van der Waals surface area (Å²) in [6, 6.07) is 2.66. The molecule has 3 aliphatic rings. The van der Waals surface area contributed by atoms with Crippen molar-refractivity contribution in [2.75, 3.05) is 24.6 Å². The predicted molar refractivity (Wildman–Crippen MR) is 157 cm³/mol. The molecule has 2 aromatic heterocycles. The first kappa shape index (κ1) is 31.9. The smallest absolute Gasteiger partial charge is 0.407 e. The number of fused-ring (bicyclic) bond motifs is 2. The molecule has 4 atom stereocenters. The Morgan fingerprint density at radius 3 is 2.53 bits per heavy atom. The minimum absolute atomic E-state index is 0.00508. The second-order valence-corrected chi connectivity index (χ2v) is 12.2. The van der Waals surface area contributed by atoms with Crippen molar-refractivity contribution < 1.29 is 52.4 Å². The summed E-state index contributed by atoms with van der Waals surface area (Å²) in [7, 11) is 0. The first-order valence-corrected chi connectivity index (χ1v) is 14.9. The van der Waals surface area contributed by atoms with Crippen LogP contribution < -0.4 is 15.6 Å². The van der Waals surface area contributed by atoms with Crippen LogP contribution in [0.5, 0.6) is 0 Å². The van der Waals surface area contributed by atoms with Crippen molar-refractivity contribution in [1.29, 1.82) is 0 Å². The molecule has 4 N–H and O–H groups in total. The van der Waals surface area contributed by atoms with Crippen LogP contribution in [0.1, 0.15) is 23.7 Å². The number of nitrogens with zero attached hydrogens (tertiary/aromatic N) is 4. The number of rotatable bonds is 8. The number of aliphatic hydroxyl groups excluding tert-OH is 1. The molecule has 3 unspecified atom stereocenters. The number of alkyl carbamates (subject to hydrolysis) is 1. The van der Waals surface area contributed by atoms with Gasteiger partial charge in [-0.3, -0.25) is 19.1 Å². The summed E-state index contributed by atoms with van der Waals surface area (Å²) in [5.74, 6) is -7.65. The molecule has 3 aromatic rings. The molecular formula is C29H24F3N5O9S. The molecule has 47 heavy (non-hydrogen) atoms. The van der Waals surface area contributed by atoms with E-state index < -0.39 is 87.8 Å². The van der Waals surface area contributed by atoms with Gasteiger partial charge in [0.25, 0.3) is 0 Å². The van der Waals surface area contributed by atoms with Gasteiger partial charge in [-0.15, -0.1) is 0 Å². The number of aromatic carboxylic acids is 1. The number of carboxylic acids is 2. The van der Waals surface area contributed by atoms with Gasteiger partial charge in [-0.05, 0) is 31.5 Å². The van der Waals surface area contributed by atoms with E-state index in [9.17, 15) is 48.1 Å². The van der Waals surface area contributed by atoms with Crippen LogP contribution in [0, 0.1) is 23.4 Å². The largest absolute Gasteiger partial charge is 0.477 e. The lowest BCUT2D eigenvalue weighted by Gasteiger charge is -2.43. The van der Waals surface area contributed by atoms with Gasteiger partial charge in [0.2, 0.25) is 11.3 Å². The number of carbonyl (C=O) groups excluding carboxylic acids is 2. The molecule has 1 aromatic carbocycles. The average Bonchev–Trinajstić information content (AvgIpc) is 3.58. The van der Waals surface area contributed by atoms with Crippen LogP contribution in [0.2, 0.25) is 0 Å². The van der Waals surface area contributed by atoms with Gasteiger partial charge in [-0.25, -0.2) is 32.5 Å². The Hall–Kier alpha value is -5.10. The van der Waals surface area contributed by atoms with E-state index in [1.54, 1.807) is 0 Å². The highest BCUT2D eigenvalue weighted by atomic mass is 32.2. The third kappa shape index (κ3) is 5.52. The van der Waals surface area contributed by atoms with Gasteiger partial charge >= 0.3 is 18.0 Å². The molecule has 3 aliphatic heterocycles. The standard InChI is InChI=1S/C29H24F3N5O9S/c1-11(38)20-25(40)37-21(28(43)44)19(47-26(20)37)10-46-29(45)33-13-4-5-35(8-13)24-17(32)7-14-22(39)15(27(41)42)9-36(23(14)34-24)18-3-2-12(30)6-16(18)31/h2-3,6-7,9,11,13,20,26,38H,4-5,8,10H2,1H3,(H,33,45)(H,41,42)(H,43,44)/t11?,13?,20-,26?/m0/s1. The number of β-lactam (4-membered cyclic amide) rings is 1. The molecule has 18 heteroatoms. The molecule has 14 nitrogen and oxygen atoms in total. The summed E-state index contributed by atoms with van der Waals surface area (Å²) < 4.78 is 49.9. The molecule has 246 valence electrons. The number of carbonyl (C=O) groups is 4. The maximum absolute atomic E-state index is 15.4. The topological polar surface area (TPSA) is 192 Å². The van der Waals surface area contributed by atoms with Crippen LogP contribution in [0.15, 0.2) is 45.9 Å². The molecule has 0 radical (unpaired) electrons. The number of thioether (sulfide) groups is 1. The van der Waals surface area contributed by atoms with Gasteiger partial charge in [0.15, 0.2) is 17.3 Å². The first-order valence-electron chi connectivity index (χ1n) is 14.0. The quantitative estimate of drug-likeness (QED) is 0.255. The van der Waals surface area contributed by atoms with E-state index in [1.807, 2.05) is 0 Å². The van der Waals surface area contributed by atoms with Crippen LogP contribution in [-0.4, -0.2) is 90.9 Å². The maximum Gasteiger partial charge on any atom is 0.407 e. The molecule has 0 aliphatic carbocycles. The van der Waals surface area contributed by atoms with Crippen LogP contribution in [0.4, 0.5) is 23.8 Å².